The van der Waals surface area contributed by atoms with Crippen LogP contribution in [0.4, 0.5) is 10.1 Å². The van der Waals surface area contributed by atoms with Gasteiger partial charge in [-0.25, -0.2) is 17.1 Å². The lowest BCUT2D eigenvalue weighted by molar-refractivity contribution is 0.0997. The predicted octanol–water partition coefficient (Wildman–Crippen LogP) is 3.59. The third-order valence-corrected chi connectivity index (χ3v) is 5.69. The van der Waals surface area contributed by atoms with Crippen molar-refractivity contribution in [3.63, 3.8) is 0 Å². The third kappa shape index (κ3) is 3.91. The maximum absolute atomic E-state index is 13.8. The molecule has 0 bridgehead atoms. The quantitative estimate of drug-likeness (QED) is 0.724. The van der Waals surface area contributed by atoms with Crippen LogP contribution in [-0.4, -0.2) is 32.7 Å². The number of halogens is 1. The van der Waals surface area contributed by atoms with Gasteiger partial charge < -0.3 is 9.73 Å². The molecule has 0 aliphatic carbocycles. The van der Waals surface area contributed by atoms with E-state index in [9.17, 15) is 17.6 Å². The second-order valence-electron chi connectivity index (χ2n) is 5.91. The van der Waals surface area contributed by atoms with E-state index in [-0.39, 0.29) is 22.0 Å². The summed E-state index contributed by atoms with van der Waals surface area (Å²) < 4.78 is 44.4. The van der Waals surface area contributed by atoms with Crippen LogP contribution in [0.15, 0.2) is 70.0 Å². The van der Waals surface area contributed by atoms with Crippen LogP contribution in [0, 0.1) is 5.82 Å². The van der Waals surface area contributed by atoms with Crippen molar-refractivity contribution in [1.29, 1.82) is 0 Å². The lowest BCUT2D eigenvalue weighted by Crippen LogP contribution is -2.22. The van der Waals surface area contributed by atoms with Crippen molar-refractivity contribution in [2.24, 2.45) is 0 Å². The number of rotatable bonds is 5. The highest BCUT2D eigenvalue weighted by Crippen LogP contribution is 2.25. The molecule has 0 saturated carbocycles. The van der Waals surface area contributed by atoms with E-state index >= 15 is 0 Å². The molecule has 3 aromatic rings. The number of amides is 1. The second kappa shape index (κ2) is 7.34. The van der Waals surface area contributed by atoms with Crippen LogP contribution in [0.1, 0.15) is 10.6 Å². The summed E-state index contributed by atoms with van der Waals surface area (Å²) >= 11 is 0. The molecule has 140 valence electrons. The van der Waals surface area contributed by atoms with Crippen molar-refractivity contribution in [1.82, 2.24) is 4.31 Å². The fourth-order valence-electron chi connectivity index (χ4n) is 2.38. The van der Waals surface area contributed by atoms with Crippen molar-refractivity contribution in [2.45, 2.75) is 4.90 Å². The van der Waals surface area contributed by atoms with E-state index in [1.165, 1.54) is 56.6 Å². The van der Waals surface area contributed by atoms with Crippen molar-refractivity contribution >= 4 is 21.6 Å². The summed E-state index contributed by atoms with van der Waals surface area (Å²) in [5.41, 5.74) is 0.663. The molecule has 1 aromatic heterocycles. The molecule has 0 fully saturated rings. The van der Waals surface area contributed by atoms with Crippen LogP contribution in [0.3, 0.4) is 0 Å². The highest BCUT2D eigenvalue weighted by molar-refractivity contribution is 7.89. The normalized spacial score (nSPS) is 11.6. The molecule has 0 aliphatic rings. The number of carbonyl (C=O) groups is 1. The fraction of sp³-hybridized carbons (Fsp3) is 0.105. The summed E-state index contributed by atoms with van der Waals surface area (Å²) in [5, 5.41) is 2.61. The molecule has 0 unspecified atom stereocenters. The third-order valence-electron chi connectivity index (χ3n) is 3.86. The van der Waals surface area contributed by atoms with Gasteiger partial charge in [-0.15, -0.1) is 0 Å². The van der Waals surface area contributed by atoms with Gasteiger partial charge in [-0.1, -0.05) is 12.1 Å². The van der Waals surface area contributed by atoms with Gasteiger partial charge in [0, 0.05) is 19.8 Å². The maximum atomic E-state index is 13.8. The van der Waals surface area contributed by atoms with Gasteiger partial charge in [0.05, 0.1) is 10.5 Å². The van der Waals surface area contributed by atoms with E-state index in [0.717, 1.165) is 4.31 Å². The molecule has 1 N–H and O–H groups in total. The Hall–Kier alpha value is -2.97. The minimum atomic E-state index is -3.54. The highest BCUT2D eigenvalue weighted by atomic mass is 32.2. The Morgan fingerprint density at radius 1 is 1.00 bits per heavy atom. The molecule has 3 rings (SSSR count). The first-order valence-electron chi connectivity index (χ1n) is 7.98. The van der Waals surface area contributed by atoms with Gasteiger partial charge in [0.1, 0.15) is 11.6 Å². The average molecular weight is 388 g/mol. The van der Waals surface area contributed by atoms with Crippen LogP contribution < -0.4 is 5.32 Å². The molecular weight excluding hydrogens is 371 g/mol. The van der Waals surface area contributed by atoms with Crippen molar-refractivity contribution in [3.05, 3.63) is 72.2 Å². The zero-order valence-corrected chi connectivity index (χ0v) is 15.5. The smallest absolute Gasteiger partial charge is 0.291 e. The van der Waals surface area contributed by atoms with E-state index in [2.05, 4.69) is 5.32 Å². The van der Waals surface area contributed by atoms with Gasteiger partial charge in [0.25, 0.3) is 5.91 Å². The number of benzene rings is 2. The number of nitrogens with one attached hydrogen (secondary N) is 1. The minimum Gasteiger partial charge on any atom is -0.451 e. The number of anilines is 1. The summed E-state index contributed by atoms with van der Waals surface area (Å²) in [5.74, 6) is -0.721. The number of sulfonamides is 1. The fourth-order valence-corrected chi connectivity index (χ4v) is 3.28. The van der Waals surface area contributed by atoms with Gasteiger partial charge in [-0.05, 0) is 48.5 Å². The number of furan rings is 1. The Labute approximate surface area is 156 Å². The molecule has 0 saturated heterocycles. The van der Waals surface area contributed by atoms with E-state index < -0.39 is 21.7 Å². The number of hydrogen-bond acceptors (Lipinski definition) is 4. The Morgan fingerprint density at radius 2 is 1.67 bits per heavy atom. The summed E-state index contributed by atoms with van der Waals surface area (Å²) in [6.45, 7) is 0. The van der Waals surface area contributed by atoms with Gasteiger partial charge in [-0.3, -0.25) is 4.79 Å². The Balaban J connectivity index is 1.76. The Bertz CT molecular complexity index is 1070. The first-order chi connectivity index (χ1) is 12.8. The molecule has 8 heteroatoms. The Kier molecular flexibility index (Phi) is 5.11. The first-order valence-corrected chi connectivity index (χ1v) is 9.42. The zero-order valence-electron chi connectivity index (χ0n) is 14.6. The molecule has 1 amide bonds. The molecule has 27 heavy (non-hydrogen) atoms. The summed E-state index contributed by atoms with van der Waals surface area (Å²) in [7, 11) is -0.660. The number of hydrogen-bond donors (Lipinski definition) is 1. The van der Waals surface area contributed by atoms with Crippen LogP contribution in [0.2, 0.25) is 0 Å². The molecular formula is C19H17FN2O4S. The molecule has 1 heterocycles. The van der Waals surface area contributed by atoms with Gasteiger partial charge in [0.2, 0.25) is 10.0 Å². The predicted molar refractivity (Wildman–Crippen MR) is 99.4 cm³/mol. The van der Waals surface area contributed by atoms with Gasteiger partial charge in [0.15, 0.2) is 5.76 Å². The number of carbonyl (C=O) groups excluding carboxylic acids is 1. The largest absolute Gasteiger partial charge is 0.451 e. The molecule has 0 radical (unpaired) electrons. The summed E-state index contributed by atoms with van der Waals surface area (Å²) in [4.78, 5) is 12.4. The maximum Gasteiger partial charge on any atom is 0.291 e. The van der Waals surface area contributed by atoms with Crippen molar-refractivity contribution < 1.29 is 22.0 Å². The van der Waals surface area contributed by atoms with Crippen LogP contribution in [0.5, 0.6) is 0 Å². The SMILES string of the molecule is CN(C)S(=O)(=O)c1ccc(NC(=O)c2ccc(-c3ccccc3F)o2)cc1. The highest BCUT2D eigenvalue weighted by Gasteiger charge is 2.18. The average Bonchev–Trinajstić information content (AvgIpc) is 3.12. The molecule has 0 aliphatic heterocycles. The van der Waals surface area contributed by atoms with Crippen LogP contribution in [-0.2, 0) is 10.0 Å². The summed E-state index contributed by atoms with van der Waals surface area (Å²) in [6, 6.07) is 14.8. The molecule has 0 spiro atoms. The molecule has 0 atom stereocenters. The van der Waals surface area contributed by atoms with Crippen molar-refractivity contribution in [2.75, 3.05) is 19.4 Å². The second-order valence-corrected chi connectivity index (χ2v) is 8.06. The zero-order chi connectivity index (χ0) is 19.6. The van der Waals surface area contributed by atoms with Crippen LogP contribution >= 0.6 is 0 Å². The van der Waals surface area contributed by atoms with Gasteiger partial charge >= 0.3 is 0 Å². The van der Waals surface area contributed by atoms with Crippen molar-refractivity contribution in [3.8, 4) is 11.3 Å². The van der Waals surface area contributed by atoms with Gasteiger partial charge in [-0.2, -0.15) is 0 Å². The topological polar surface area (TPSA) is 79.6 Å². The lowest BCUT2D eigenvalue weighted by Gasteiger charge is -2.11. The van der Waals surface area contributed by atoms with E-state index in [1.807, 2.05) is 0 Å². The summed E-state index contributed by atoms with van der Waals surface area (Å²) in [6.07, 6.45) is 0. The number of nitrogens with zero attached hydrogens (tertiary/aromatic N) is 1. The monoisotopic (exact) mass is 388 g/mol. The van der Waals surface area contributed by atoms with Crippen LogP contribution in [0.25, 0.3) is 11.3 Å². The first kappa shape index (κ1) is 18.8. The Morgan fingerprint density at radius 3 is 2.30 bits per heavy atom. The van der Waals surface area contributed by atoms with E-state index in [1.54, 1.807) is 18.2 Å². The molecule has 6 nitrogen and oxygen atoms in total. The molecule has 2 aromatic carbocycles. The minimum absolute atomic E-state index is 0.0123. The standard InChI is InChI=1S/C19H17FN2O4S/c1-22(2)27(24,25)14-9-7-13(8-10-14)21-19(23)18-12-11-17(26-18)15-5-3-4-6-16(15)20/h3-12H,1-2H3,(H,21,23). The van der Waals surface area contributed by atoms with E-state index in [4.69, 9.17) is 4.42 Å². The van der Waals surface area contributed by atoms with E-state index in [0.29, 0.717) is 5.69 Å². The lowest BCUT2D eigenvalue weighted by atomic mass is 10.1.